The highest BCUT2D eigenvalue weighted by atomic mass is 16.2. The van der Waals surface area contributed by atoms with Crippen molar-refractivity contribution in [2.45, 2.75) is 46.0 Å². The number of benzene rings is 1. The fourth-order valence-electron chi connectivity index (χ4n) is 3.98. The molecule has 0 saturated heterocycles. The molecule has 0 radical (unpaired) electrons. The van der Waals surface area contributed by atoms with Crippen LogP contribution in [0.5, 0.6) is 0 Å². The Morgan fingerprint density at radius 3 is 2.19 bits per heavy atom. The number of fused-ring (bicyclic) bond motifs is 2. The molecular weight excluding hydrogens is 262 g/mol. The van der Waals surface area contributed by atoms with Crippen LogP contribution in [0.4, 0.5) is 5.69 Å². The maximum Gasteiger partial charge on any atom is 0.227 e. The molecule has 3 heteroatoms. The van der Waals surface area contributed by atoms with Crippen LogP contribution in [-0.2, 0) is 9.59 Å². The third kappa shape index (κ3) is 3.02. The minimum Gasteiger partial charge on any atom is -0.326 e. The molecule has 2 aliphatic rings. The van der Waals surface area contributed by atoms with E-state index in [2.05, 4.69) is 11.4 Å². The van der Waals surface area contributed by atoms with Crippen molar-refractivity contribution in [2.24, 2.45) is 17.8 Å². The molecule has 2 fully saturated rings. The maximum atomic E-state index is 12.5. The van der Waals surface area contributed by atoms with E-state index in [1.807, 2.05) is 26.0 Å². The SMILES string of the molecule is Cc1cc(C)cc(NC(=O)C2C[C@H]3CCC[C@@H](C2)C3=O)c1. The second kappa shape index (κ2) is 5.63. The molecule has 0 spiro atoms. The molecule has 1 unspecified atom stereocenters. The number of Topliss-reactive ketones (excluding diaryl/α,β-unsaturated/α-hetero) is 1. The van der Waals surface area contributed by atoms with Crippen molar-refractivity contribution in [1.82, 2.24) is 0 Å². The van der Waals surface area contributed by atoms with Crippen LogP contribution in [0, 0.1) is 31.6 Å². The smallest absolute Gasteiger partial charge is 0.227 e. The zero-order valence-electron chi connectivity index (χ0n) is 12.8. The van der Waals surface area contributed by atoms with Gasteiger partial charge in [-0.1, -0.05) is 12.5 Å². The highest BCUT2D eigenvalue weighted by molar-refractivity contribution is 5.95. The molecular formula is C18H23NO2. The van der Waals surface area contributed by atoms with E-state index in [1.165, 1.54) is 0 Å². The summed E-state index contributed by atoms with van der Waals surface area (Å²) in [6, 6.07) is 6.10. The number of carbonyl (C=O) groups excluding carboxylic acids is 2. The summed E-state index contributed by atoms with van der Waals surface area (Å²) >= 11 is 0. The van der Waals surface area contributed by atoms with Gasteiger partial charge in [0.1, 0.15) is 5.78 Å². The van der Waals surface area contributed by atoms with E-state index in [-0.39, 0.29) is 23.7 Å². The Kier molecular flexibility index (Phi) is 3.83. The number of nitrogens with one attached hydrogen (secondary N) is 1. The Morgan fingerprint density at radius 2 is 1.62 bits per heavy atom. The summed E-state index contributed by atoms with van der Waals surface area (Å²) in [5.41, 5.74) is 3.18. The standard InChI is InChI=1S/C18H23NO2/c1-11-6-12(2)8-16(7-11)19-18(21)15-9-13-4-3-5-14(10-15)17(13)20/h6-8,13-15H,3-5,9-10H2,1-2H3,(H,19,21)/t13-,14+,15?. The van der Waals surface area contributed by atoms with E-state index < -0.39 is 0 Å². The molecule has 2 aliphatic carbocycles. The number of aryl methyl sites for hydroxylation is 2. The van der Waals surface area contributed by atoms with Crippen LogP contribution in [0.2, 0.25) is 0 Å². The van der Waals surface area contributed by atoms with Crippen LogP contribution in [0.25, 0.3) is 0 Å². The van der Waals surface area contributed by atoms with E-state index in [0.29, 0.717) is 5.78 Å². The third-order valence-electron chi connectivity index (χ3n) is 4.91. The van der Waals surface area contributed by atoms with Gasteiger partial charge in [-0.3, -0.25) is 9.59 Å². The summed E-state index contributed by atoms with van der Waals surface area (Å²) in [5, 5.41) is 3.05. The first kappa shape index (κ1) is 14.3. The van der Waals surface area contributed by atoms with Crippen molar-refractivity contribution < 1.29 is 9.59 Å². The maximum absolute atomic E-state index is 12.5. The summed E-state index contributed by atoms with van der Waals surface area (Å²) in [6.45, 7) is 4.07. The summed E-state index contributed by atoms with van der Waals surface area (Å²) in [7, 11) is 0. The van der Waals surface area contributed by atoms with Gasteiger partial charge in [-0.05, 0) is 62.8 Å². The second-order valence-electron chi connectivity index (χ2n) is 6.76. The van der Waals surface area contributed by atoms with Crippen LogP contribution in [0.3, 0.4) is 0 Å². The van der Waals surface area contributed by atoms with Crippen molar-refractivity contribution in [3.63, 3.8) is 0 Å². The number of amides is 1. The molecule has 3 rings (SSSR count). The molecule has 0 aromatic heterocycles. The van der Waals surface area contributed by atoms with Gasteiger partial charge in [-0.2, -0.15) is 0 Å². The number of anilines is 1. The zero-order valence-corrected chi connectivity index (χ0v) is 12.8. The molecule has 2 saturated carbocycles. The van der Waals surface area contributed by atoms with Gasteiger partial charge in [-0.15, -0.1) is 0 Å². The first-order valence-electron chi connectivity index (χ1n) is 7.96. The second-order valence-corrected chi connectivity index (χ2v) is 6.76. The minimum atomic E-state index is -0.00109. The van der Waals surface area contributed by atoms with E-state index in [1.54, 1.807) is 0 Å². The van der Waals surface area contributed by atoms with E-state index in [9.17, 15) is 9.59 Å². The summed E-state index contributed by atoms with van der Waals surface area (Å²) in [6.07, 6.45) is 4.58. The van der Waals surface area contributed by atoms with Gasteiger partial charge >= 0.3 is 0 Å². The molecule has 1 aromatic rings. The lowest BCUT2D eigenvalue weighted by molar-refractivity contribution is -0.136. The normalized spacial score (nSPS) is 28.3. The van der Waals surface area contributed by atoms with E-state index in [4.69, 9.17) is 0 Å². The summed E-state index contributed by atoms with van der Waals surface area (Å²) < 4.78 is 0. The molecule has 1 N–H and O–H groups in total. The number of hydrogen-bond acceptors (Lipinski definition) is 2. The number of ketones is 1. The van der Waals surface area contributed by atoms with Gasteiger partial charge in [0, 0.05) is 23.4 Å². The quantitative estimate of drug-likeness (QED) is 0.901. The topological polar surface area (TPSA) is 46.2 Å². The summed E-state index contributed by atoms with van der Waals surface area (Å²) in [5.74, 6) is 0.764. The monoisotopic (exact) mass is 285 g/mol. The molecule has 3 nitrogen and oxygen atoms in total. The van der Waals surface area contributed by atoms with Crippen LogP contribution in [-0.4, -0.2) is 11.7 Å². The van der Waals surface area contributed by atoms with Crippen molar-refractivity contribution in [3.8, 4) is 0 Å². The van der Waals surface area contributed by atoms with Gasteiger partial charge in [0.15, 0.2) is 0 Å². The molecule has 1 aromatic carbocycles. The van der Waals surface area contributed by atoms with Gasteiger partial charge in [0.2, 0.25) is 5.91 Å². The van der Waals surface area contributed by atoms with Gasteiger partial charge in [0.25, 0.3) is 0 Å². The predicted octanol–water partition coefficient (Wildman–Crippen LogP) is 3.64. The van der Waals surface area contributed by atoms with E-state index in [0.717, 1.165) is 48.9 Å². The highest BCUT2D eigenvalue weighted by Crippen LogP contribution is 2.40. The van der Waals surface area contributed by atoms with Crippen molar-refractivity contribution in [1.29, 1.82) is 0 Å². The Hall–Kier alpha value is -1.64. The van der Waals surface area contributed by atoms with Crippen LogP contribution >= 0.6 is 0 Å². The average Bonchev–Trinajstić information content (AvgIpc) is 2.36. The third-order valence-corrected chi connectivity index (χ3v) is 4.91. The number of carbonyl (C=O) groups is 2. The van der Waals surface area contributed by atoms with Crippen LogP contribution < -0.4 is 5.32 Å². The minimum absolute atomic E-state index is 0.00109. The molecule has 21 heavy (non-hydrogen) atoms. The van der Waals surface area contributed by atoms with Gasteiger partial charge in [0.05, 0.1) is 0 Å². The van der Waals surface area contributed by atoms with Gasteiger partial charge < -0.3 is 5.32 Å². The Bertz CT molecular complexity index is 542. The zero-order chi connectivity index (χ0) is 15.0. The predicted molar refractivity (Wildman–Crippen MR) is 83.1 cm³/mol. The fraction of sp³-hybridized carbons (Fsp3) is 0.556. The average molecular weight is 285 g/mol. The first-order chi connectivity index (χ1) is 10.0. The number of rotatable bonds is 2. The van der Waals surface area contributed by atoms with E-state index >= 15 is 0 Å². The highest BCUT2D eigenvalue weighted by Gasteiger charge is 2.41. The van der Waals surface area contributed by atoms with Crippen molar-refractivity contribution >= 4 is 17.4 Å². The first-order valence-corrected chi connectivity index (χ1v) is 7.96. The Morgan fingerprint density at radius 1 is 1.05 bits per heavy atom. The Labute approximate surface area is 126 Å². The molecule has 0 aliphatic heterocycles. The molecule has 2 bridgehead atoms. The van der Waals surface area contributed by atoms with Gasteiger partial charge in [-0.25, -0.2) is 0 Å². The lowest BCUT2D eigenvalue weighted by Gasteiger charge is -2.36. The molecule has 1 amide bonds. The molecule has 112 valence electrons. The van der Waals surface area contributed by atoms with Crippen LogP contribution in [0.15, 0.2) is 18.2 Å². The van der Waals surface area contributed by atoms with Crippen molar-refractivity contribution in [2.75, 3.05) is 5.32 Å². The van der Waals surface area contributed by atoms with Crippen LogP contribution in [0.1, 0.15) is 43.2 Å². The lowest BCUT2D eigenvalue weighted by Crippen LogP contribution is -2.40. The Balaban J connectivity index is 1.70. The largest absolute Gasteiger partial charge is 0.326 e. The summed E-state index contributed by atoms with van der Waals surface area (Å²) in [4.78, 5) is 24.6. The molecule has 3 atom stereocenters. The molecule has 0 heterocycles. The fourth-order valence-corrected chi connectivity index (χ4v) is 3.98. The van der Waals surface area contributed by atoms with Crippen molar-refractivity contribution in [3.05, 3.63) is 29.3 Å². The number of hydrogen-bond donors (Lipinski definition) is 1. The lowest BCUT2D eigenvalue weighted by atomic mass is 9.67.